The quantitative estimate of drug-likeness (QED) is 0.453. The number of aromatic nitrogens is 3. The predicted molar refractivity (Wildman–Crippen MR) is 122 cm³/mol. The van der Waals surface area contributed by atoms with Gasteiger partial charge in [0.05, 0.1) is 11.4 Å². The van der Waals surface area contributed by atoms with Crippen LogP contribution in [0.5, 0.6) is 0 Å². The molecule has 2 aromatic heterocycles. The van der Waals surface area contributed by atoms with E-state index in [0.717, 1.165) is 6.07 Å². The van der Waals surface area contributed by atoms with Crippen molar-refractivity contribution in [2.45, 2.75) is 6.54 Å². The standard InChI is InChI=1S/C23H17ClFN5O3/c24-16-6-4-15(5-7-16)23(33)27-20-10-12-29(28-20)14-21(31)26-19-9-8-17(13-18(19)25)30-11-2-1-3-22(30)32/h1-13H,14H2,(H,26,31)(H,27,28,33). The van der Waals surface area contributed by atoms with Gasteiger partial charge in [-0.15, -0.1) is 0 Å². The summed E-state index contributed by atoms with van der Waals surface area (Å²) < 4.78 is 17.1. The molecule has 0 saturated carbocycles. The molecular weight excluding hydrogens is 449 g/mol. The summed E-state index contributed by atoms with van der Waals surface area (Å²) >= 11 is 5.82. The average Bonchev–Trinajstić information content (AvgIpc) is 3.22. The van der Waals surface area contributed by atoms with Crippen LogP contribution in [0.4, 0.5) is 15.9 Å². The van der Waals surface area contributed by atoms with Crippen molar-refractivity contribution in [3.8, 4) is 5.69 Å². The number of nitrogens with one attached hydrogen (secondary N) is 2. The van der Waals surface area contributed by atoms with Gasteiger partial charge in [-0.2, -0.15) is 5.10 Å². The molecule has 0 atom stereocenters. The van der Waals surface area contributed by atoms with Gasteiger partial charge in [0.25, 0.3) is 11.5 Å². The van der Waals surface area contributed by atoms with Gasteiger partial charge in [0, 0.05) is 41.2 Å². The molecule has 0 saturated heterocycles. The Bertz CT molecular complexity index is 1380. The third-order valence-corrected chi connectivity index (χ3v) is 4.87. The van der Waals surface area contributed by atoms with Gasteiger partial charge in [0.2, 0.25) is 5.91 Å². The molecule has 2 N–H and O–H groups in total. The van der Waals surface area contributed by atoms with E-state index in [9.17, 15) is 18.8 Å². The molecule has 0 radical (unpaired) electrons. The summed E-state index contributed by atoms with van der Waals surface area (Å²) in [4.78, 5) is 36.5. The Kier molecular flexibility index (Phi) is 6.32. The summed E-state index contributed by atoms with van der Waals surface area (Å²) in [6.07, 6.45) is 3.04. The maximum atomic E-state index is 14.5. The lowest BCUT2D eigenvalue weighted by Crippen LogP contribution is -2.20. The van der Waals surface area contributed by atoms with E-state index in [4.69, 9.17) is 11.6 Å². The molecule has 0 unspecified atom stereocenters. The molecular formula is C23H17ClFN5O3. The van der Waals surface area contributed by atoms with E-state index in [2.05, 4.69) is 15.7 Å². The van der Waals surface area contributed by atoms with E-state index in [1.807, 2.05) is 0 Å². The van der Waals surface area contributed by atoms with Crippen LogP contribution in [0, 0.1) is 5.82 Å². The Morgan fingerprint density at radius 3 is 2.48 bits per heavy atom. The summed E-state index contributed by atoms with van der Waals surface area (Å²) in [7, 11) is 0. The number of hydrogen-bond donors (Lipinski definition) is 2. The molecule has 33 heavy (non-hydrogen) atoms. The molecule has 4 rings (SSSR count). The van der Waals surface area contributed by atoms with Crippen molar-refractivity contribution in [2.75, 3.05) is 10.6 Å². The van der Waals surface area contributed by atoms with E-state index in [1.165, 1.54) is 45.9 Å². The van der Waals surface area contributed by atoms with Crippen molar-refractivity contribution in [1.29, 1.82) is 0 Å². The van der Waals surface area contributed by atoms with Crippen LogP contribution in [0.15, 0.2) is 83.9 Å². The van der Waals surface area contributed by atoms with Gasteiger partial charge < -0.3 is 10.6 Å². The van der Waals surface area contributed by atoms with Crippen molar-refractivity contribution in [2.24, 2.45) is 0 Å². The number of hydrogen-bond acceptors (Lipinski definition) is 4. The Labute approximate surface area is 192 Å². The van der Waals surface area contributed by atoms with Crippen LogP contribution < -0.4 is 16.2 Å². The molecule has 0 spiro atoms. The number of carbonyl (C=O) groups excluding carboxylic acids is 2. The minimum absolute atomic E-state index is 0.0313. The number of amides is 2. The summed E-state index contributed by atoms with van der Waals surface area (Å²) in [5.41, 5.74) is 0.412. The largest absolute Gasteiger partial charge is 0.322 e. The fourth-order valence-corrected chi connectivity index (χ4v) is 3.16. The zero-order chi connectivity index (χ0) is 23.4. The fraction of sp³-hybridized carbons (Fsp3) is 0.0435. The summed E-state index contributed by atoms with van der Waals surface area (Å²) in [5.74, 6) is -1.32. The third-order valence-electron chi connectivity index (χ3n) is 4.62. The SMILES string of the molecule is O=C(Cn1ccc(NC(=O)c2ccc(Cl)cc2)n1)Nc1ccc(-n2ccccc2=O)cc1F. The van der Waals surface area contributed by atoms with Gasteiger partial charge >= 0.3 is 0 Å². The highest BCUT2D eigenvalue weighted by molar-refractivity contribution is 6.30. The zero-order valence-corrected chi connectivity index (χ0v) is 17.8. The van der Waals surface area contributed by atoms with Gasteiger partial charge in [-0.05, 0) is 42.5 Å². The maximum Gasteiger partial charge on any atom is 0.256 e. The van der Waals surface area contributed by atoms with Gasteiger partial charge in [-0.25, -0.2) is 4.39 Å². The molecule has 10 heteroatoms. The lowest BCUT2D eigenvalue weighted by molar-refractivity contribution is -0.116. The van der Waals surface area contributed by atoms with Gasteiger partial charge in [0.1, 0.15) is 12.4 Å². The third kappa shape index (κ3) is 5.34. The van der Waals surface area contributed by atoms with Crippen LogP contribution in [-0.4, -0.2) is 26.2 Å². The highest BCUT2D eigenvalue weighted by Gasteiger charge is 2.12. The smallest absolute Gasteiger partial charge is 0.256 e. The molecule has 0 aliphatic carbocycles. The lowest BCUT2D eigenvalue weighted by Gasteiger charge is -2.10. The van der Waals surface area contributed by atoms with E-state index >= 15 is 0 Å². The van der Waals surface area contributed by atoms with Crippen molar-refractivity contribution < 1.29 is 14.0 Å². The van der Waals surface area contributed by atoms with E-state index in [-0.39, 0.29) is 29.5 Å². The molecule has 0 aliphatic rings. The first-order valence-electron chi connectivity index (χ1n) is 9.77. The second-order valence-corrected chi connectivity index (χ2v) is 7.42. The fourth-order valence-electron chi connectivity index (χ4n) is 3.04. The summed E-state index contributed by atoms with van der Waals surface area (Å²) in [5, 5.41) is 9.74. The topological polar surface area (TPSA) is 98.0 Å². The van der Waals surface area contributed by atoms with Crippen molar-refractivity contribution in [3.05, 3.63) is 106 Å². The highest BCUT2D eigenvalue weighted by atomic mass is 35.5. The van der Waals surface area contributed by atoms with E-state index < -0.39 is 11.7 Å². The van der Waals surface area contributed by atoms with Gasteiger partial charge in [-0.1, -0.05) is 17.7 Å². The Hall–Kier alpha value is -4.24. The molecule has 2 heterocycles. The summed E-state index contributed by atoms with van der Waals surface area (Å²) in [6.45, 7) is -0.198. The highest BCUT2D eigenvalue weighted by Crippen LogP contribution is 2.18. The molecule has 4 aromatic rings. The minimum atomic E-state index is -0.687. The number of halogens is 2. The molecule has 0 aliphatic heterocycles. The first-order chi connectivity index (χ1) is 15.9. The molecule has 8 nitrogen and oxygen atoms in total. The normalized spacial score (nSPS) is 10.6. The van der Waals surface area contributed by atoms with E-state index in [0.29, 0.717) is 16.3 Å². The van der Waals surface area contributed by atoms with Crippen LogP contribution in [0.3, 0.4) is 0 Å². The van der Waals surface area contributed by atoms with Gasteiger partial charge in [-0.3, -0.25) is 23.6 Å². The van der Waals surface area contributed by atoms with Crippen molar-refractivity contribution in [3.63, 3.8) is 0 Å². The van der Waals surface area contributed by atoms with Crippen LogP contribution in [0.2, 0.25) is 5.02 Å². The Balaban J connectivity index is 1.38. The van der Waals surface area contributed by atoms with Crippen LogP contribution >= 0.6 is 11.6 Å². The van der Waals surface area contributed by atoms with Crippen molar-refractivity contribution in [1.82, 2.24) is 14.3 Å². The first-order valence-corrected chi connectivity index (χ1v) is 10.1. The average molecular weight is 466 g/mol. The number of carbonyl (C=O) groups is 2. The maximum absolute atomic E-state index is 14.5. The summed E-state index contributed by atoms with van der Waals surface area (Å²) in [6, 6.07) is 16.6. The number of rotatable bonds is 6. The lowest BCUT2D eigenvalue weighted by atomic mass is 10.2. The van der Waals surface area contributed by atoms with Crippen LogP contribution in [-0.2, 0) is 11.3 Å². The van der Waals surface area contributed by atoms with Gasteiger partial charge in [0.15, 0.2) is 5.82 Å². The molecule has 2 aromatic carbocycles. The van der Waals surface area contributed by atoms with E-state index in [1.54, 1.807) is 36.4 Å². The van der Waals surface area contributed by atoms with Crippen LogP contribution in [0.1, 0.15) is 10.4 Å². The molecule has 166 valence electrons. The Morgan fingerprint density at radius 1 is 0.970 bits per heavy atom. The monoisotopic (exact) mass is 465 g/mol. The zero-order valence-electron chi connectivity index (χ0n) is 17.0. The predicted octanol–water partition coefficient (Wildman–Crippen LogP) is 3.72. The molecule has 2 amide bonds. The molecule has 0 fully saturated rings. The second-order valence-electron chi connectivity index (χ2n) is 6.98. The van der Waals surface area contributed by atoms with Crippen molar-refractivity contribution >= 4 is 34.9 Å². The Morgan fingerprint density at radius 2 is 1.76 bits per heavy atom. The minimum Gasteiger partial charge on any atom is -0.322 e. The first kappa shape index (κ1) is 22.0. The number of anilines is 2. The number of pyridine rings is 1. The molecule has 0 bridgehead atoms. The number of benzene rings is 2. The van der Waals surface area contributed by atoms with Crippen LogP contribution in [0.25, 0.3) is 5.69 Å². The second kappa shape index (κ2) is 9.49. The number of nitrogens with zero attached hydrogens (tertiary/aromatic N) is 3.